The van der Waals surface area contributed by atoms with Gasteiger partial charge in [0.1, 0.15) is 11.9 Å². The fourth-order valence-corrected chi connectivity index (χ4v) is 8.32. The monoisotopic (exact) mass is 524 g/mol. The molecule has 0 unspecified atom stereocenters. The van der Waals surface area contributed by atoms with Gasteiger partial charge in [-0.15, -0.1) is 24.3 Å². The SMILES string of the molecule is C=C[C@]1(C)C[C@@H](OC(=O)CSc2cc[n+](CC#CC)cc2)[C@]2(C)[C@H](C)CC[C@]3(CCC(=O)[C@H]32)[C@@H](C)[C@@H]1O. The van der Waals surface area contributed by atoms with Crippen LogP contribution in [0.5, 0.6) is 0 Å². The fourth-order valence-electron chi connectivity index (χ4n) is 7.65. The number of nitrogens with zero attached hydrogens (tertiary/aromatic N) is 1. The molecule has 8 atom stereocenters. The van der Waals surface area contributed by atoms with E-state index in [4.69, 9.17) is 4.74 Å². The van der Waals surface area contributed by atoms with Crippen molar-refractivity contribution in [3.63, 3.8) is 0 Å². The lowest BCUT2D eigenvalue weighted by Gasteiger charge is -2.61. The van der Waals surface area contributed by atoms with Crippen LogP contribution in [0.3, 0.4) is 0 Å². The molecular formula is C31H42NO4S+. The molecule has 1 aromatic heterocycles. The van der Waals surface area contributed by atoms with Crippen molar-refractivity contribution in [1.82, 2.24) is 0 Å². The van der Waals surface area contributed by atoms with E-state index in [2.05, 4.69) is 39.2 Å². The summed E-state index contributed by atoms with van der Waals surface area (Å²) < 4.78 is 8.32. The zero-order valence-electron chi connectivity index (χ0n) is 23.0. The molecule has 0 radical (unpaired) electrons. The third-order valence-corrected chi connectivity index (χ3v) is 11.2. The van der Waals surface area contributed by atoms with Crippen LogP contribution in [0.2, 0.25) is 0 Å². The summed E-state index contributed by atoms with van der Waals surface area (Å²) >= 11 is 1.45. The lowest BCUT2D eigenvalue weighted by atomic mass is 9.44. The second-order valence-corrected chi connectivity index (χ2v) is 13.0. The number of aliphatic hydroxyl groups is 1. The average molecular weight is 525 g/mol. The Morgan fingerprint density at radius 2 is 2.00 bits per heavy atom. The van der Waals surface area contributed by atoms with Gasteiger partial charge in [-0.25, -0.2) is 0 Å². The number of carbonyl (C=O) groups excluding carboxylic acids is 2. The van der Waals surface area contributed by atoms with Gasteiger partial charge in [-0.2, -0.15) is 4.57 Å². The Morgan fingerprint density at radius 3 is 2.65 bits per heavy atom. The average Bonchev–Trinajstić information content (AvgIpc) is 3.25. The molecule has 0 aromatic carbocycles. The first-order valence-corrected chi connectivity index (χ1v) is 14.6. The van der Waals surface area contributed by atoms with Gasteiger partial charge in [0.25, 0.3) is 0 Å². The Labute approximate surface area is 226 Å². The molecule has 6 heteroatoms. The molecule has 37 heavy (non-hydrogen) atoms. The molecule has 4 rings (SSSR count). The number of hydrogen-bond acceptors (Lipinski definition) is 5. The molecule has 3 aliphatic carbocycles. The van der Waals surface area contributed by atoms with Gasteiger partial charge in [-0.1, -0.05) is 33.8 Å². The highest BCUT2D eigenvalue weighted by molar-refractivity contribution is 8.00. The minimum absolute atomic E-state index is 0.0323. The summed E-state index contributed by atoms with van der Waals surface area (Å²) in [6, 6.07) is 3.96. The molecule has 1 aromatic rings. The maximum atomic E-state index is 13.5. The lowest BCUT2D eigenvalue weighted by molar-refractivity contribution is -0.685. The van der Waals surface area contributed by atoms with E-state index in [1.807, 2.05) is 49.0 Å². The standard InChI is InChI=1S/C31H42NO4S/c1-7-9-16-32-17-12-23(13-18-32)37-20-26(34)36-25-19-29(5,8-2)28(35)22(4)31-14-10-21(3)30(25,6)27(31)24(33)11-15-31/h8,12-13,17-18,21-22,25,27-28,35H,2,10-11,14-16,19-20H2,1,3-6H3/q+1/t21-,22+,25-,27+,28+,29-,30+,31+/m1/s1. The second kappa shape index (κ2) is 10.6. The van der Waals surface area contributed by atoms with Crippen LogP contribution in [-0.2, 0) is 20.9 Å². The van der Waals surface area contributed by atoms with Gasteiger partial charge < -0.3 is 9.84 Å². The molecule has 0 spiro atoms. The van der Waals surface area contributed by atoms with Gasteiger partial charge in [0.2, 0.25) is 6.54 Å². The number of hydrogen-bond donors (Lipinski definition) is 1. The van der Waals surface area contributed by atoms with Gasteiger partial charge in [0.05, 0.1) is 11.9 Å². The number of esters is 1. The van der Waals surface area contributed by atoms with Crippen molar-refractivity contribution in [2.75, 3.05) is 5.75 Å². The predicted molar refractivity (Wildman–Crippen MR) is 145 cm³/mol. The van der Waals surface area contributed by atoms with Crippen LogP contribution in [0.4, 0.5) is 0 Å². The second-order valence-electron chi connectivity index (χ2n) is 12.0. The van der Waals surface area contributed by atoms with E-state index in [1.165, 1.54) is 11.8 Å². The van der Waals surface area contributed by atoms with E-state index in [0.29, 0.717) is 19.4 Å². The van der Waals surface area contributed by atoms with Gasteiger partial charge >= 0.3 is 5.97 Å². The van der Waals surface area contributed by atoms with E-state index in [0.717, 1.165) is 24.2 Å². The smallest absolute Gasteiger partial charge is 0.316 e. The van der Waals surface area contributed by atoms with E-state index in [-0.39, 0.29) is 40.7 Å². The molecule has 0 amide bonds. The Morgan fingerprint density at radius 1 is 1.30 bits per heavy atom. The normalized spacial score (nSPS) is 39.0. The van der Waals surface area contributed by atoms with Gasteiger partial charge in [-0.3, -0.25) is 9.59 Å². The van der Waals surface area contributed by atoms with Crippen LogP contribution < -0.4 is 4.57 Å². The highest BCUT2D eigenvalue weighted by Crippen LogP contribution is 2.68. The van der Waals surface area contributed by atoms with Crippen molar-refractivity contribution >= 4 is 23.5 Å². The highest BCUT2D eigenvalue weighted by atomic mass is 32.2. The summed E-state index contributed by atoms with van der Waals surface area (Å²) in [6.07, 6.45) is 8.34. The molecule has 2 bridgehead atoms. The molecule has 3 aliphatic rings. The van der Waals surface area contributed by atoms with Crippen molar-refractivity contribution in [1.29, 1.82) is 0 Å². The van der Waals surface area contributed by atoms with Crippen LogP contribution in [0.15, 0.2) is 42.1 Å². The minimum Gasteiger partial charge on any atom is -0.461 e. The maximum absolute atomic E-state index is 13.5. The van der Waals surface area contributed by atoms with Gasteiger partial charge in [0.15, 0.2) is 12.4 Å². The highest BCUT2D eigenvalue weighted by Gasteiger charge is 2.68. The Bertz CT molecular complexity index is 1110. The topological polar surface area (TPSA) is 67.5 Å². The van der Waals surface area contributed by atoms with Crippen molar-refractivity contribution in [3.8, 4) is 11.8 Å². The number of aliphatic hydroxyl groups excluding tert-OH is 1. The van der Waals surface area contributed by atoms with E-state index >= 15 is 0 Å². The maximum Gasteiger partial charge on any atom is 0.316 e. The first-order valence-electron chi connectivity index (χ1n) is 13.6. The van der Waals surface area contributed by atoms with E-state index < -0.39 is 23.0 Å². The zero-order valence-corrected chi connectivity index (χ0v) is 23.8. The van der Waals surface area contributed by atoms with Crippen molar-refractivity contribution in [2.45, 2.75) is 90.4 Å². The third-order valence-electron chi connectivity index (χ3n) is 10.2. The summed E-state index contributed by atoms with van der Waals surface area (Å²) in [6.45, 7) is 15.1. The first-order chi connectivity index (χ1) is 17.5. The Kier molecular flexibility index (Phi) is 7.98. The number of rotatable bonds is 6. The van der Waals surface area contributed by atoms with Crippen LogP contribution in [0, 0.1) is 45.8 Å². The summed E-state index contributed by atoms with van der Waals surface area (Å²) in [7, 11) is 0. The summed E-state index contributed by atoms with van der Waals surface area (Å²) in [5.74, 6) is 6.09. The van der Waals surface area contributed by atoms with Crippen molar-refractivity contribution < 1.29 is 24.0 Å². The lowest BCUT2D eigenvalue weighted by Crippen LogP contribution is -2.63. The number of aromatic nitrogens is 1. The first kappa shape index (κ1) is 27.9. The van der Waals surface area contributed by atoms with Crippen molar-refractivity contribution in [2.24, 2.45) is 34.0 Å². The van der Waals surface area contributed by atoms with Crippen LogP contribution in [-0.4, -0.2) is 34.8 Å². The molecule has 3 fully saturated rings. The molecule has 1 heterocycles. The summed E-state index contributed by atoms with van der Waals surface area (Å²) in [5.41, 5.74) is -1.36. The summed E-state index contributed by atoms with van der Waals surface area (Å²) in [5, 5.41) is 11.6. The zero-order chi connectivity index (χ0) is 27.0. The minimum atomic E-state index is -0.652. The van der Waals surface area contributed by atoms with Crippen LogP contribution in [0.25, 0.3) is 0 Å². The number of ketones is 1. The van der Waals surface area contributed by atoms with Gasteiger partial charge in [-0.05, 0) is 55.8 Å². The fraction of sp³-hybridized carbons (Fsp3) is 0.645. The number of thioether (sulfide) groups is 1. The third kappa shape index (κ3) is 4.79. The molecular weight excluding hydrogens is 482 g/mol. The predicted octanol–water partition coefficient (Wildman–Crippen LogP) is 5.00. The molecule has 200 valence electrons. The Hall–Kier alpha value is -2.10. The molecule has 3 saturated carbocycles. The van der Waals surface area contributed by atoms with Gasteiger partial charge in [0, 0.05) is 40.2 Å². The Balaban J connectivity index is 1.60. The number of carbonyl (C=O) groups is 2. The van der Waals surface area contributed by atoms with Crippen LogP contribution >= 0.6 is 11.8 Å². The number of pyridine rings is 1. The molecule has 0 saturated heterocycles. The molecule has 1 N–H and O–H groups in total. The molecule has 0 aliphatic heterocycles. The quantitative estimate of drug-likeness (QED) is 0.187. The largest absolute Gasteiger partial charge is 0.461 e. The van der Waals surface area contributed by atoms with Crippen molar-refractivity contribution in [3.05, 3.63) is 37.2 Å². The number of Topliss-reactive ketones (excluding diaryl/α,β-unsaturated/α-hetero) is 1. The summed E-state index contributed by atoms with van der Waals surface area (Å²) in [4.78, 5) is 27.8. The van der Waals surface area contributed by atoms with Crippen LogP contribution in [0.1, 0.15) is 66.7 Å². The number of ether oxygens (including phenoxy) is 1. The van der Waals surface area contributed by atoms with E-state index in [1.54, 1.807) is 0 Å². The molecule has 5 nitrogen and oxygen atoms in total. The van der Waals surface area contributed by atoms with E-state index in [9.17, 15) is 14.7 Å².